The molecule has 1 aromatic carbocycles. The molecule has 0 amide bonds. The van der Waals surface area contributed by atoms with Gasteiger partial charge in [-0.05, 0) is 18.2 Å². The summed E-state index contributed by atoms with van der Waals surface area (Å²) in [4.78, 5) is 8.23. The summed E-state index contributed by atoms with van der Waals surface area (Å²) in [5.74, 6) is 0.450. The number of hydrogen-bond donors (Lipinski definition) is 1. The maximum absolute atomic E-state index is 12.8. The second-order valence-corrected chi connectivity index (χ2v) is 6.52. The third-order valence-corrected chi connectivity index (χ3v) is 4.84. The van der Waals surface area contributed by atoms with E-state index < -0.39 is 10.0 Å². The van der Waals surface area contributed by atoms with Gasteiger partial charge in [-0.2, -0.15) is 4.98 Å². The molecule has 0 bridgehead atoms. The highest BCUT2D eigenvalue weighted by Gasteiger charge is 2.20. The van der Waals surface area contributed by atoms with Crippen LogP contribution in [0.4, 0.5) is 5.69 Å². The van der Waals surface area contributed by atoms with Gasteiger partial charge in [-0.15, -0.1) is 0 Å². The van der Waals surface area contributed by atoms with Crippen LogP contribution < -0.4 is 14.2 Å². The van der Waals surface area contributed by atoms with Gasteiger partial charge in [0.1, 0.15) is 5.69 Å². The van der Waals surface area contributed by atoms with Crippen LogP contribution in [0, 0.1) is 0 Å². The molecule has 0 saturated heterocycles. The molecule has 0 radical (unpaired) electrons. The van der Waals surface area contributed by atoms with Gasteiger partial charge in [-0.1, -0.05) is 12.1 Å². The molecule has 8 heteroatoms. The van der Waals surface area contributed by atoms with Crippen molar-refractivity contribution in [2.45, 2.75) is 4.90 Å². The third-order valence-electron chi connectivity index (χ3n) is 3.41. The van der Waals surface area contributed by atoms with E-state index in [0.717, 1.165) is 5.39 Å². The first kappa shape index (κ1) is 16.0. The lowest BCUT2D eigenvalue weighted by Gasteiger charge is -2.13. The number of aromatic nitrogens is 2. The minimum absolute atomic E-state index is 0.125. The maximum atomic E-state index is 12.8. The Morgan fingerprint density at radius 1 is 1.04 bits per heavy atom. The van der Waals surface area contributed by atoms with Crippen LogP contribution in [0.25, 0.3) is 10.8 Å². The number of rotatable bonds is 5. The quantitative estimate of drug-likeness (QED) is 0.764. The van der Waals surface area contributed by atoms with E-state index in [0.29, 0.717) is 11.3 Å². The van der Waals surface area contributed by atoms with Crippen LogP contribution in [0.5, 0.6) is 11.8 Å². The van der Waals surface area contributed by atoms with E-state index in [1.54, 1.807) is 36.7 Å². The van der Waals surface area contributed by atoms with Gasteiger partial charge in [0.2, 0.25) is 11.8 Å². The number of pyridine rings is 2. The van der Waals surface area contributed by atoms with Gasteiger partial charge in [0.05, 0.1) is 19.1 Å². The molecule has 7 nitrogen and oxygen atoms in total. The van der Waals surface area contributed by atoms with Gasteiger partial charge in [-0.25, -0.2) is 8.42 Å². The summed E-state index contributed by atoms with van der Waals surface area (Å²) < 4.78 is 38.2. The summed E-state index contributed by atoms with van der Waals surface area (Å²) >= 11 is 0. The summed E-state index contributed by atoms with van der Waals surface area (Å²) in [6.45, 7) is 0. The normalized spacial score (nSPS) is 11.2. The molecule has 3 rings (SSSR count). The van der Waals surface area contributed by atoms with E-state index in [1.165, 1.54) is 26.4 Å². The average Bonchev–Trinajstić information content (AvgIpc) is 2.61. The zero-order valence-electron chi connectivity index (χ0n) is 13.1. The number of sulfonamides is 1. The lowest BCUT2D eigenvalue weighted by Crippen LogP contribution is -2.14. The molecule has 0 aliphatic rings. The van der Waals surface area contributed by atoms with E-state index in [2.05, 4.69) is 14.7 Å². The molecular weight excluding hydrogens is 330 g/mol. The molecule has 124 valence electrons. The number of fused-ring (bicyclic) bond motifs is 1. The van der Waals surface area contributed by atoms with Crippen molar-refractivity contribution in [1.82, 2.24) is 9.97 Å². The van der Waals surface area contributed by atoms with Crippen molar-refractivity contribution in [3.63, 3.8) is 0 Å². The number of ether oxygens (including phenoxy) is 2. The minimum Gasteiger partial charge on any atom is -0.481 e. The zero-order chi connectivity index (χ0) is 17.2. The Labute approximate surface area is 139 Å². The van der Waals surface area contributed by atoms with E-state index in [-0.39, 0.29) is 16.5 Å². The number of nitrogens with zero attached hydrogens (tertiary/aromatic N) is 2. The Balaban J connectivity index is 2.06. The largest absolute Gasteiger partial charge is 0.481 e. The van der Waals surface area contributed by atoms with Crippen molar-refractivity contribution in [2.24, 2.45) is 0 Å². The highest BCUT2D eigenvalue weighted by Crippen LogP contribution is 2.29. The predicted octanol–water partition coefficient (Wildman–Crippen LogP) is 2.45. The molecule has 0 saturated carbocycles. The molecule has 24 heavy (non-hydrogen) atoms. The van der Waals surface area contributed by atoms with Crippen molar-refractivity contribution in [3.05, 3.63) is 48.8 Å². The Morgan fingerprint density at radius 2 is 1.88 bits per heavy atom. The zero-order valence-corrected chi connectivity index (χ0v) is 13.9. The van der Waals surface area contributed by atoms with Crippen LogP contribution in [-0.2, 0) is 10.0 Å². The molecule has 0 aliphatic heterocycles. The first-order chi connectivity index (χ1) is 11.5. The molecule has 0 spiro atoms. The smallest absolute Gasteiger partial charge is 0.262 e. The minimum atomic E-state index is -3.83. The van der Waals surface area contributed by atoms with Crippen molar-refractivity contribution >= 4 is 26.5 Å². The Hall–Kier alpha value is -2.87. The molecule has 3 aromatic rings. The number of benzene rings is 1. The van der Waals surface area contributed by atoms with Crippen molar-refractivity contribution in [3.8, 4) is 11.8 Å². The summed E-state index contributed by atoms with van der Waals surface area (Å²) in [6, 6.07) is 9.75. The summed E-state index contributed by atoms with van der Waals surface area (Å²) in [6.07, 6.45) is 3.17. The first-order valence-corrected chi connectivity index (χ1v) is 8.48. The van der Waals surface area contributed by atoms with Gasteiger partial charge in [0.25, 0.3) is 10.0 Å². The van der Waals surface area contributed by atoms with Crippen LogP contribution in [0.3, 0.4) is 0 Å². The first-order valence-electron chi connectivity index (χ1n) is 7.00. The molecule has 0 unspecified atom stereocenters. The van der Waals surface area contributed by atoms with Crippen LogP contribution >= 0.6 is 0 Å². The Morgan fingerprint density at radius 3 is 2.62 bits per heavy atom. The second kappa shape index (κ2) is 6.32. The molecule has 0 aliphatic carbocycles. The van der Waals surface area contributed by atoms with Crippen molar-refractivity contribution in [1.29, 1.82) is 0 Å². The monoisotopic (exact) mass is 345 g/mol. The van der Waals surface area contributed by atoms with Crippen LogP contribution in [0.2, 0.25) is 0 Å². The lowest BCUT2D eigenvalue weighted by molar-refractivity contribution is 0.366. The van der Waals surface area contributed by atoms with E-state index in [4.69, 9.17) is 9.47 Å². The Bertz CT molecular complexity index is 984. The predicted molar refractivity (Wildman–Crippen MR) is 89.9 cm³/mol. The highest BCUT2D eigenvalue weighted by molar-refractivity contribution is 7.93. The van der Waals surface area contributed by atoms with Crippen LogP contribution in [-0.4, -0.2) is 32.6 Å². The maximum Gasteiger partial charge on any atom is 0.262 e. The molecule has 0 fully saturated rings. The van der Waals surface area contributed by atoms with E-state index in [1.807, 2.05) is 0 Å². The summed E-state index contributed by atoms with van der Waals surface area (Å²) in [7, 11) is -0.957. The standard InChI is InChI=1S/C16H15N3O4S/c1-22-15-7-6-13(16(18-15)23-2)19-24(20,21)14-5-3-4-11-10-17-9-8-12(11)14/h3-10,19H,1-2H3. The summed E-state index contributed by atoms with van der Waals surface area (Å²) in [5, 5.41) is 1.32. The molecular formula is C16H15N3O4S. The molecule has 0 atom stereocenters. The number of hydrogen-bond acceptors (Lipinski definition) is 6. The van der Waals surface area contributed by atoms with Crippen molar-refractivity contribution in [2.75, 3.05) is 18.9 Å². The van der Waals surface area contributed by atoms with E-state index in [9.17, 15) is 8.42 Å². The van der Waals surface area contributed by atoms with Gasteiger partial charge < -0.3 is 9.47 Å². The average molecular weight is 345 g/mol. The molecule has 1 N–H and O–H groups in total. The fourth-order valence-corrected chi connectivity index (χ4v) is 3.59. The topological polar surface area (TPSA) is 90.4 Å². The van der Waals surface area contributed by atoms with Gasteiger partial charge in [-0.3, -0.25) is 9.71 Å². The lowest BCUT2D eigenvalue weighted by atomic mass is 10.2. The molecule has 2 aromatic heterocycles. The molecule has 2 heterocycles. The summed E-state index contributed by atoms with van der Waals surface area (Å²) in [5.41, 5.74) is 0.226. The van der Waals surface area contributed by atoms with Crippen molar-refractivity contribution < 1.29 is 17.9 Å². The highest BCUT2D eigenvalue weighted by atomic mass is 32.2. The van der Waals surface area contributed by atoms with Crippen LogP contribution in [0.1, 0.15) is 0 Å². The third kappa shape index (κ3) is 2.95. The van der Waals surface area contributed by atoms with E-state index >= 15 is 0 Å². The fourth-order valence-electron chi connectivity index (χ4n) is 2.30. The fraction of sp³-hybridized carbons (Fsp3) is 0.125. The number of nitrogens with one attached hydrogen (secondary N) is 1. The van der Waals surface area contributed by atoms with Gasteiger partial charge in [0.15, 0.2) is 0 Å². The Kier molecular flexibility index (Phi) is 4.22. The number of anilines is 1. The van der Waals surface area contributed by atoms with Crippen LogP contribution in [0.15, 0.2) is 53.7 Å². The second-order valence-electron chi connectivity index (χ2n) is 4.87. The van der Waals surface area contributed by atoms with Gasteiger partial charge in [0, 0.05) is 29.2 Å². The number of methoxy groups -OCH3 is 2. The van der Waals surface area contributed by atoms with Gasteiger partial charge >= 0.3 is 0 Å². The SMILES string of the molecule is COc1ccc(NS(=O)(=O)c2cccc3cnccc23)c(OC)n1.